The van der Waals surface area contributed by atoms with Crippen molar-refractivity contribution in [1.29, 1.82) is 0 Å². The molecule has 1 aliphatic carbocycles. The van der Waals surface area contributed by atoms with Gasteiger partial charge in [-0.15, -0.1) is 0 Å². The van der Waals surface area contributed by atoms with E-state index < -0.39 is 11.7 Å². The second kappa shape index (κ2) is 5.44. The van der Waals surface area contributed by atoms with Crippen molar-refractivity contribution in [2.45, 2.75) is 18.9 Å². The van der Waals surface area contributed by atoms with Crippen molar-refractivity contribution in [3.8, 4) is 0 Å². The molecular formula is C15H14Cl2N2O2. The van der Waals surface area contributed by atoms with Gasteiger partial charge < -0.3 is 5.32 Å². The van der Waals surface area contributed by atoms with Crippen molar-refractivity contribution in [2.24, 2.45) is 0 Å². The highest BCUT2D eigenvalue weighted by molar-refractivity contribution is 6.57. The smallest absolute Gasteiger partial charge is 0.299 e. The van der Waals surface area contributed by atoms with E-state index in [1.165, 1.54) is 23.8 Å². The Morgan fingerprint density at radius 2 is 1.95 bits per heavy atom. The third-order valence-corrected chi connectivity index (χ3v) is 4.23. The summed E-state index contributed by atoms with van der Waals surface area (Å²) in [5, 5.41) is 3.92. The number of hydrogen-bond donors (Lipinski definition) is 1. The average Bonchev–Trinajstić information content (AvgIpc) is 3.24. The molecule has 0 saturated heterocycles. The van der Waals surface area contributed by atoms with E-state index in [2.05, 4.69) is 11.9 Å². The highest BCUT2D eigenvalue weighted by Crippen LogP contribution is 2.40. The Bertz CT molecular complexity index is 653. The summed E-state index contributed by atoms with van der Waals surface area (Å²) in [6, 6.07) is 3.68. The Balaban J connectivity index is 1.83. The zero-order chi connectivity index (χ0) is 15.1. The predicted octanol–water partition coefficient (Wildman–Crippen LogP) is 2.83. The lowest BCUT2D eigenvalue weighted by atomic mass is 10.1. The number of nitrogens with one attached hydrogen (secondary N) is 1. The van der Waals surface area contributed by atoms with Crippen molar-refractivity contribution in [3.63, 3.8) is 0 Å². The first-order valence-electron chi connectivity index (χ1n) is 6.73. The van der Waals surface area contributed by atoms with E-state index in [0.717, 1.165) is 5.57 Å². The first-order chi connectivity index (χ1) is 9.99. The molecule has 6 heteroatoms. The zero-order valence-corrected chi connectivity index (χ0v) is 12.8. The molecule has 1 fully saturated rings. The number of carbonyl (C=O) groups is 2. The summed E-state index contributed by atoms with van der Waals surface area (Å²) in [6.45, 7) is 4.84. The van der Waals surface area contributed by atoms with Crippen molar-refractivity contribution in [1.82, 2.24) is 5.32 Å². The highest BCUT2D eigenvalue weighted by atomic mass is 35.5. The number of carbonyl (C=O) groups excluding carboxylic acids is 2. The van der Waals surface area contributed by atoms with Gasteiger partial charge >= 0.3 is 0 Å². The fourth-order valence-electron chi connectivity index (χ4n) is 2.36. The molecule has 0 bridgehead atoms. The first-order valence-corrected chi connectivity index (χ1v) is 7.49. The van der Waals surface area contributed by atoms with Gasteiger partial charge in [-0.05, 0) is 30.5 Å². The third kappa shape index (κ3) is 2.71. The number of Topliss-reactive ketones (excluding diaryl/α,β-unsaturated/α-hetero) is 1. The second-order valence-electron chi connectivity index (χ2n) is 5.38. The quantitative estimate of drug-likeness (QED) is 0.669. The SMILES string of the molecule is C=C(CNC1CC1)CN1C(=O)C(=O)c2c(Cl)ccc(Cl)c21. The number of fused-ring (bicyclic) bond motifs is 1. The summed E-state index contributed by atoms with van der Waals surface area (Å²) in [4.78, 5) is 25.6. The van der Waals surface area contributed by atoms with Crippen LogP contribution in [0.5, 0.6) is 0 Å². The van der Waals surface area contributed by atoms with Crippen LogP contribution in [0.2, 0.25) is 10.0 Å². The van der Waals surface area contributed by atoms with Crippen LogP contribution >= 0.6 is 23.2 Å². The molecule has 0 radical (unpaired) electrons. The number of halogens is 2. The van der Waals surface area contributed by atoms with Gasteiger partial charge in [0.25, 0.3) is 11.7 Å². The predicted molar refractivity (Wildman–Crippen MR) is 83.3 cm³/mol. The van der Waals surface area contributed by atoms with Crippen LogP contribution in [0, 0.1) is 0 Å². The van der Waals surface area contributed by atoms with Crippen molar-refractivity contribution >= 4 is 40.6 Å². The summed E-state index contributed by atoms with van der Waals surface area (Å²) >= 11 is 12.2. The molecule has 21 heavy (non-hydrogen) atoms. The molecule has 1 N–H and O–H groups in total. The molecule has 4 nitrogen and oxygen atoms in total. The Labute approximate surface area is 132 Å². The molecule has 3 rings (SSSR count). The minimum atomic E-state index is -0.611. The summed E-state index contributed by atoms with van der Waals surface area (Å²) in [7, 11) is 0. The maximum Gasteiger partial charge on any atom is 0.299 e. The molecule has 1 aliphatic heterocycles. The number of nitrogens with zero attached hydrogens (tertiary/aromatic N) is 1. The van der Waals surface area contributed by atoms with E-state index in [0.29, 0.717) is 23.3 Å². The standard InChI is InChI=1S/C15H14Cl2N2O2/c1-8(6-18-9-2-3-9)7-19-13-11(17)5-4-10(16)12(13)14(20)15(19)21/h4-5,9,18H,1-3,6-7H2. The lowest BCUT2D eigenvalue weighted by Gasteiger charge is -2.19. The molecule has 0 atom stereocenters. The first kappa shape index (κ1) is 14.6. The third-order valence-electron chi connectivity index (χ3n) is 3.61. The molecule has 1 aromatic rings. The zero-order valence-electron chi connectivity index (χ0n) is 11.3. The molecule has 0 aromatic heterocycles. The van der Waals surface area contributed by atoms with E-state index in [4.69, 9.17) is 23.2 Å². The molecule has 110 valence electrons. The summed E-state index contributed by atoms with van der Waals surface area (Å²) in [5.41, 5.74) is 1.41. The molecule has 0 spiro atoms. The monoisotopic (exact) mass is 324 g/mol. The van der Waals surface area contributed by atoms with Gasteiger partial charge in [-0.3, -0.25) is 14.5 Å². The minimum absolute atomic E-state index is 0.192. The van der Waals surface area contributed by atoms with Gasteiger partial charge in [0.1, 0.15) is 0 Å². The maximum absolute atomic E-state index is 12.2. The largest absolute Gasteiger partial charge is 0.310 e. The van der Waals surface area contributed by atoms with Crippen molar-refractivity contribution in [3.05, 3.63) is 39.9 Å². The molecule has 2 aliphatic rings. The number of rotatable bonds is 5. The van der Waals surface area contributed by atoms with E-state index in [1.54, 1.807) is 6.07 Å². The van der Waals surface area contributed by atoms with E-state index >= 15 is 0 Å². The Morgan fingerprint density at radius 3 is 2.62 bits per heavy atom. The number of anilines is 1. The fraction of sp³-hybridized carbons (Fsp3) is 0.333. The van der Waals surface area contributed by atoms with Crippen LogP contribution in [0.15, 0.2) is 24.3 Å². The topological polar surface area (TPSA) is 49.4 Å². The second-order valence-corrected chi connectivity index (χ2v) is 6.19. The maximum atomic E-state index is 12.2. The molecule has 0 unspecified atom stereocenters. The number of ketones is 1. The normalized spacial score (nSPS) is 17.3. The van der Waals surface area contributed by atoms with Crippen LogP contribution in [0.1, 0.15) is 23.2 Å². The van der Waals surface area contributed by atoms with E-state index in [-0.39, 0.29) is 17.1 Å². The van der Waals surface area contributed by atoms with Crippen molar-refractivity contribution < 1.29 is 9.59 Å². The highest BCUT2D eigenvalue weighted by Gasteiger charge is 2.39. The van der Waals surface area contributed by atoms with Gasteiger partial charge in [0.05, 0.1) is 21.3 Å². The molecule has 1 aromatic carbocycles. The van der Waals surface area contributed by atoms with Gasteiger partial charge in [0, 0.05) is 19.1 Å². The number of amides is 1. The lowest BCUT2D eigenvalue weighted by Crippen LogP contribution is -2.34. The molecular weight excluding hydrogens is 311 g/mol. The lowest BCUT2D eigenvalue weighted by molar-refractivity contribution is -0.114. The van der Waals surface area contributed by atoms with Crippen molar-refractivity contribution in [2.75, 3.05) is 18.0 Å². The van der Waals surface area contributed by atoms with Crippen LogP contribution in [0.3, 0.4) is 0 Å². The van der Waals surface area contributed by atoms with Gasteiger partial charge in [-0.25, -0.2) is 0 Å². The van der Waals surface area contributed by atoms with Gasteiger partial charge in [0.15, 0.2) is 0 Å². The minimum Gasteiger partial charge on any atom is -0.310 e. The van der Waals surface area contributed by atoms with Crippen LogP contribution in [-0.4, -0.2) is 30.8 Å². The average molecular weight is 325 g/mol. The number of benzene rings is 1. The van der Waals surface area contributed by atoms with Gasteiger partial charge in [-0.1, -0.05) is 29.8 Å². The summed E-state index contributed by atoms with van der Waals surface area (Å²) in [5.74, 6) is -1.21. The van der Waals surface area contributed by atoms with Gasteiger partial charge in [-0.2, -0.15) is 0 Å². The van der Waals surface area contributed by atoms with Crippen LogP contribution < -0.4 is 10.2 Å². The number of hydrogen-bond acceptors (Lipinski definition) is 3. The molecule has 1 saturated carbocycles. The molecule has 1 amide bonds. The van der Waals surface area contributed by atoms with Crippen LogP contribution in [0.4, 0.5) is 5.69 Å². The van der Waals surface area contributed by atoms with E-state index in [1.807, 2.05) is 0 Å². The fourth-order valence-corrected chi connectivity index (χ4v) is 2.86. The molecule has 1 heterocycles. The van der Waals surface area contributed by atoms with Crippen LogP contribution in [0.25, 0.3) is 0 Å². The summed E-state index contributed by atoms with van der Waals surface area (Å²) in [6.07, 6.45) is 2.36. The van der Waals surface area contributed by atoms with Crippen LogP contribution in [-0.2, 0) is 4.79 Å². The summed E-state index contributed by atoms with van der Waals surface area (Å²) < 4.78 is 0. The Kier molecular flexibility index (Phi) is 3.78. The Hall–Kier alpha value is -1.36. The Morgan fingerprint density at radius 1 is 1.29 bits per heavy atom. The van der Waals surface area contributed by atoms with Gasteiger partial charge in [0.2, 0.25) is 0 Å². The van der Waals surface area contributed by atoms with E-state index in [9.17, 15) is 9.59 Å².